The number of likely N-dealkylation sites (tertiary alicyclic amines) is 1. The maximum absolute atomic E-state index is 14.1. The lowest BCUT2D eigenvalue weighted by Gasteiger charge is -2.29. The Balaban J connectivity index is 1.61. The Morgan fingerprint density at radius 1 is 1.11 bits per heavy atom. The first kappa shape index (κ1) is 26.2. The Morgan fingerprint density at radius 3 is 2.47 bits per heavy atom. The van der Waals surface area contributed by atoms with Gasteiger partial charge < -0.3 is 10.6 Å². The number of anilines is 1. The number of hydrogen-bond acceptors (Lipinski definition) is 4. The van der Waals surface area contributed by atoms with E-state index in [0.29, 0.717) is 40.1 Å². The van der Waals surface area contributed by atoms with Crippen molar-refractivity contribution in [3.63, 3.8) is 0 Å². The molecule has 190 valence electrons. The second-order valence-electron chi connectivity index (χ2n) is 8.76. The fourth-order valence-electron chi connectivity index (χ4n) is 4.48. The van der Waals surface area contributed by atoms with Gasteiger partial charge in [-0.15, -0.1) is 0 Å². The number of rotatable bonds is 5. The molecule has 1 aliphatic heterocycles. The highest BCUT2D eigenvalue weighted by molar-refractivity contribution is 6.42. The van der Waals surface area contributed by atoms with Crippen molar-refractivity contribution in [1.82, 2.24) is 14.8 Å². The molecule has 1 amide bonds. The van der Waals surface area contributed by atoms with E-state index in [-0.39, 0.29) is 24.4 Å². The average Bonchev–Trinajstić information content (AvgIpc) is 3.26. The minimum atomic E-state index is -4.77. The zero-order valence-electron chi connectivity index (χ0n) is 19.1. The van der Waals surface area contributed by atoms with E-state index in [1.807, 2.05) is 11.0 Å². The Morgan fingerprint density at radius 2 is 1.86 bits per heavy atom. The van der Waals surface area contributed by atoms with Crippen molar-refractivity contribution < 1.29 is 22.4 Å². The molecular formula is C25H22Cl2F4N4O. The first-order chi connectivity index (χ1) is 16.9. The first-order valence-corrected chi connectivity index (χ1v) is 11.7. The number of carbonyl (C=O) groups excluding carboxylic acids is 1. The van der Waals surface area contributed by atoms with E-state index in [2.05, 4.69) is 4.98 Å². The molecule has 1 aromatic heterocycles. The normalized spacial score (nSPS) is 18.2. The van der Waals surface area contributed by atoms with Crippen LogP contribution in [0, 0.1) is 5.82 Å². The molecule has 11 heteroatoms. The third-order valence-corrected chi connectivity index (χ3v) is 7.06. The van der Waals surface area contributed by atoms with Gasteiger partial charge in [0.2, 0.25) is 0 Å². The third-order valence-electron chi connectivity index (χ3n) is 6.32. The standard InChI is InChI=1S/C25H22Cl2F4N4O/c1-34(11-14-2-5-18(21(28)8-14)25(29,30)31)22-13-35(24(36)16-4-7-23(32)33-10-16)12-17(22)15-3-6-19(26)20(27)9-15/h2-10,17,22H,11-13H2,1H3,(H2,32,33)/t17-,22-/m1/s1. The van der Waals surface area contributed by atoms with Gasteiger partial charge in [-0.3, -0.25) is 9.69 Å². The van der Waals surface area contributed by atoms with Crippen LogP contribution >= 0.6 is 23.2 Å². The number of nitrogens with two attached hydrogens (primary N) is 1. The molecule has 1 saturated heterocycles. The van der Waals surface area contributed by atoms with Crippen LogP contribution in [0.1, 0.15) is 33.0 Å². The summed E-state index contributed by atoms with van der Waals surface area (Å²) in [6.07, 6.45) is -3.36. The number of benzene rings is 2. The quantitative estimate of drug-likeness (QED) is 0.411. The lowest BCUT2D eigenvalue weighted by Crippen LogP contribution is -2.38. The Kier molecular flexibility index (Phi) is 7.45. The fraction of sp³-hybridized carbons (Fsp3) is 0.280. The predicted molar refractivity (Wildman–Crippen MR) is 130 cm³/mol. The number of carbonyl (C=O) groups is 1. The molecule has 1 aliphatic rings. The summed E-state index contributed by atoms with van der Waals surface area (Å²) in [6, 6.07) is 11.0. The number of alkyl halides is 3. The van der Waals surface area contributed by atoms with Crippen molar-refractivity contribution in [1.29, 1.82) is 0 Å². The molecule has 2 N–H and O–H groups in total. The number of amides is 1. The van der Waals surface area contributed by atoms with Gasteiger partial charge in [0, 0.05) is 37.8 Å². The smallest absolute Gasteiger partial charge is 0.384 e. The largest absolute Gasteiger partial charge is 0.419 e. The van der Waals surface area contributed by atoms with Gasteiger partial charge in [-0.1, -0.05) is 35.3 Å². The third kappa shape index (κ3) is 5.58. The molecule has 36 heavy (non-hydrogen) atoms. The van der Waals surface area contributed by atoms with Crippen LogP contribution in [0.2, 0.25) is 10.0 Å². The SMILES string of the molecule is CN(Cc1ccc(C(F)(F)F)c(F)c1)[C@@H]1CN(C(=O)c2ccc(N)nc2)C[C@@H]1c1ccc(Cl)c(Cl)c1. The molecule has 2 atom stereocenters. The molecule has 0 radical (unpaired) electrons. The summed E-state index contributed by atoms with van der Waals surface area (Å²) >= 11 is 12.3. The van der Waals surface area contributed by atoms with Gasteiger partial charge in [0.25, 0.3) is 5.91 Å². The van der Waals surface area contributed by atoms with Gasteiger partial charge in [0.1, 0.15) is 11.6 Å². The van der Waals surface area contributed by atoms with Gasteiger partial charge in [-0.2, -0.15) is 13.2 Å². The van der Waals surface area contributed by atoms with E-state index in [9.17, 15) is 22.4 Å². The van der Waals surface area contributed by atoms with E-state index < -0.39 is 17.6 Å². The number of hydrogen-bond donors (Lipinski definition) is 1. The maximum atomic E-state index is 14.1. The van der Waals surface area contributed by atoms with Gasteiger partial charge in [0.15, 0.2) is 0 Å². The van der Waals surface area contributed by atoms with Gasteiger partial charge in [-0.25, -0.2) is 9.37 Å². The molecule has 0 spiro atoms. The summed E-state index contributed by atoms with van der Waals surface area (Å²) in [5.41, 5.74) is 5.93. The summed E-state index contributed by atoms with van der Waals surface area (Å²) < 4.78 is 53.0. The lowest BCUT2D eigenvalue weighted by atomic mass is 9.93. The summed E-state index contributed by atoms with van der Waals surface area (Å²) in [7, 11) is 1.78. The van der Waals surface area contributed by atoms with Crippen LogP contribution in [0.4, 0.5) is 23.4 Å². The molecule has 3 aromatic rings. The van der Waals surface area contributed by atoms with Crippen molar-refractivity contribution >= 4 is 34.9 Å². The average molecular weight is 541 g/mol. The van der Waals surface area contributed by atoms with Crippen LogP contribution < -0.4 is 5.73 Å². The highest BCUT2D eigenvalue weighted by Crippen LogP contribution is 2.36. The van der Waals surface area contributed by atoms with Crippen LogP contribution in [0.3, 0.4) is 0 Å². The summed E-state index contributed by atoms with van der Waals surface area (Å²) in [5.74, 6) is -1.45. The highest BCUT2D eigenvalue weighted by Gasteiger charge is 2.39. The minimum Gasteiger partial charge on any atom is -0.384 e. The summed E-state index contributed by atoms with van der Waals surface area (Å²) in [5, 5.41) is 0.761. The zero-order valence-corrected chi connectivity index (χ0v) is 20.6. The number of halogens is 6. The summed E-state index contributed by atoms with van der Waals surface area (Å²) in [4.78, 5) is 20.7. The monoisotopic (exact) mass is 540 g/mol. The second kappa shape index (κ2) is 10.2. The molecule has 0 bridgehead atoms. The molecule has 2 aromatic carbocycles. The van der Waals surface area contributed by atoms with Crippen LogP contribution in [-0.2, 0) is 12.7 Å². The Labute approximate surface area is 215 Å². The molecule has 2 heterocycles. The number of pyridine rings is 1. The number of nitrogens with zero attached hydrogens (tertiary/aromatic N) is 3. The number of aromatic nitrogens is 1. The van der Waals surface area contributed by atoms with Crippen LogP contribution in [0.5, 0.6) is 0 Å². The molecule has 1 fully saturated rings. The van der Waals surface area contributed by atoms with Crippen molar-refractivity contribution in [3.8, 4) is 0 Å². The zero-order chi connectivity index (χ0) is 26.2. The van der Waals surface area contributed by atoms with E-state index in [4.69, 9.17) is 28.9 Å². The molecular weight excluding hydrogens is 519 g/mol. The van der Waals surface area contributed by atoms with Crippen LogP contribution in [-0.4, -0.2) is 46.9 Å². The Hall–Kier alpha value is -2.88. The fourth-order valence-corrected chi connectivity index (χ4v) is 4.78. The van der Waals surface area contributed by atoms with Crippen molar-refractivity contribution in [3.05, 3.63) is 92.8 Å². The van der Waals surface area contributed by atoms with Gasteiger partial charge in [0.05, 0.1) is 21.2 Å². The van der Waals surface area contributed by atoms with Gasteiger partial charge >= 0.3 is 6.18 Å². The van der Waals surface area contributed by atoms with Gasteiger partial charge in [-0.05, 0) is 54.6 Å². The second-order valence-corrected chi connectivity index (χ2v) is 9.57. The Bertz CT molecular complexity index is 1270. The number of likely N-dealkylation sites (N-methyl/N-ethyl adjacent to an activating group) is 1. The van der Waals surface area contributed by atoms with E-state index >= 15 is 0 Å². The summed E-state index contributed by atoms with van der Waals surface area (Å²) in [6.45, 7) is 0.855. The van der Waals surface area contributed by atoms with Crippen LogP contribution in [0.25, 0.3) is 0 Å². The molecule has 5 nitrogen and oxygen atoms in total. The molecule has 0 saturated carbocycles. The van der Waals surface area contributed by atoms with Crippen molar-refractivity contribution in [2.45, 2.75) is 24.7 Å². The first-order valence-electron chi connectivity index (χ1n) is 11.0. The van der Waals surface area contributed by atoms with Crippen molar-refractivity contribution in [2.75, 3.05) is 25.9 Å². The molecule has 0 aliphatic carbocycles. The number of nitrogen functional groups attached to an aromatic ring is 1. The van der Waals surface area contributed by atoms with E-state index in [0.717, 1.165) is 17.7 Å². The highest BCUT2D eigenvalue weighted by atomic mass is 35.5. The van der Waals surface area contributed by atoms with Crippen molar-refractivity contribution in [2.24, 2.45) is 0 Å². The maximum Gasteiger partial charge on any atom is 0.419 e. The topological polar surface area (TPSA) is 62.5 Å². The lowest BCUT2D eigenvalue weighted by molar-refractivity contribution is -0.140. The van der Waals surface area contributed by atoms with Crippen LogP contribution in [0.15, 0.2) is 54.7 Å². The molecule has 0 unspecified atom stereocenters. The van der Waals surface area contributed by atoms with E-state index in [1.54, 1.807) is 36.2 Å². The predicted octanol–water partition coefficient (Wildman–Crippen LogP) is 5.87. The minimum absolute atomic E-state index is 0.170. The van der Waals surface area contributed by atoms with E-state index in [1.165, 1.54) is 12.3 Å². The molecule has 4 rings (SSSR count).